The second-order valence-electron chi connectivity index (χ2n) is 8.31. The number of hydrogen-bond acceptors (Lipinski definition) is 6. The predicted octanol–water partition coefficient (Wildman–Crippen LogP) is 1.69. The normalized spacial score (nSPS) is 14.9. The van der Waals surface area contributed by atoms with Crippen molar-refractivity contribution >= 4 is 35.1 Å². The SMILES string of the molecule is O=C(NC(Cc1ccc(Cl)cc1)OCCF)c1ccc(Oc2cc3c(cc2Cl)C(C(=O)[O-])CCO3)cc1.[Na+]. The average molecular weight is 570 g/mol. The molecule has 2 unspecified atom stereocenters. The van der Waals surface area contributed by atoms with E-state index >= 15 is 0 Å². The Balaban J connectivity index is 0.00000400. The second kappa shape index (κ2) is 14.2. The van der Waals surface area contributed by atoms with Crippen molar-refractivity contribution in [1.82, 2.24) is 5.32 Å². The molecule has 194 valence electrons. The molecule has 0 spiro atoms. The molecule has 3 aromatic carbocycles. The molecule has 0 aliphatic carbocycles. The van der Waals surface area contributed by atoms with Crippen LogP contribution in [0, 0.1) is 0 Å². The van der Waals surface area contributed by atoms with E-state index in [9.17, 15) is 19.1 Å². The number of rotatable bonds is 10. The van der Waals surface area contributed by atoms with Crippen LogP contribution in [0.15, 0.2) is 60.7 Å². The third-order valence-electron chi connectivity index (χ3n) is 5.76. The monoisotopic (exact) mass is 569 g/mol. The van der Waals surface area contributed by atoms with E-state index in [-0.39, 0.29) is 53.5 Å². The molecule has 3 aromatic rings. The molecule has 1 amide bonds. The van der Waals surface area contributed by atoms with Crippen LogP contribution in [0.5, 0.6) is 17.2 Å². The van der Waals surface area contributed by atoms with Gasteiger partial charge in [-0.2, -0.15) is 0 Å². The molecule has 0 bridgehead atoms. The Kier molecular flexibility index (Phi) is 11.3. The van der Waals surface area contributed by atoms with Gasteiger partial charge < -0.3 is 29.4 Å². The quantitative estimate of drug-likeness (QED) is 0.295. The second-order valence-corrected chi connectivity index (χ2v) is 9.15. The number of ether oxygens (including phenoxy) is 3. The Morgan fingerprint density at radius 2 is 1.82 bits per heavy atom. The summed E-state index contributed by atoms with van der Waals surface area (Å²) in [7, 11) is 0. The maximum Gasteiger partial charge on any atom is 1.00 e. The fourth-order valence-corrected chi connectivity index (χ4v) is 4.25. The molecule has 2 atom stereocenters. The van der Waals surface area contributed by atoms with Gasteiger partial charge in [0.05, 0.1) is 18.2 Å². The number of carbonyl (C=O) groups excluding carboxylic acids is 2. The molecular weight excluding hydrogens is 547 g/mol. The summed E-state index contributed by atoms with van der Waals surface area (Å²) in [5, 5.41) is 15.0. The summed E-state index contributed by atoms with van der Waals surface area (Å²) in [5.41, 5.74) is 1.65. The zero-order valence-electron chi connectivity index (χ0n) is 20.5. The predicted molar refractivity (Wildman–Crippen MR) is 134 cm³/mol. The van der Waals surface area contributed by atoms with Gasteiger partial charge in [0.15, 0.2) is 0 Å². The number of alkyl halides is 1. The Morgan fingerprint density at radius 3 is 2.47 bits per heavy atom. The molecule has 38 heavy (non-hydrogen) atoms. The summed E-state index contributed by atoms with van der Waals surface area (Å²) in [6.45, 7) is -0.589. The van der Waals surface area contributed by atoms with Crippen molar-refractivity contribution in [3.05, 3.63) is 87.4 Å². The van der Waals surface area contributed by atoms with E-state index in [1.165, 1.54) is 12.1 Å². The molecule has 1 aliphatic rings. The van der Waals surface area contributed by atoms with E-state index in [0.717, 1.165) is 5.56 Å². The first kappa shape index (κ1) is 30.2. The summed E-state index contributed by atoms with van der Waals surface area (Å²) < 4.78 is 29.6. The van der Waals surface area contributed by atoms with Crippen molar-refractivity contribution in [3.63, 3.8) is 0 Å². The van der Waals surface area contributed by atoms with E-state index in [2.05, 4.69) is 5.32 Å². The molecule has 4 rings (SSSR count). The van der Waals surface area contributed by atoms with Gasteiger partial charge in [-0.15, -0.1) is 0 Å². The molecule has 0 saturated heterocycles. The standard InChI is InChI=1S/C27H24Cl2FNO6.Na/c28-18-5-1-16(2-6-18)13-25(36-12-10-30)31-26(32)17-3-7-19(8-4-17)37-24-15-23-21(14-22(24)29)20(27(33)34)9-11-35-23;/h1-8,14-15,20,25H,9-13H2,(H,31,32)(H,33,34);/q;+1/p-1. The zero-order chi connectivity index (χ0) is 26.4. The van der Waals surface area contributed by atoms with Crippen LogP contribution >= 0.6 is 23.2 Å². The van der Waals surface area contributed by atoms with Crippen LogP contribution in [0.1, 0.15) is 33.8 Å². The minimum absolute atomic E-state index is 0. The first-order valence-corrected chi connectivity index (χ1v) is 12.3. The van der Waals surface area contributed by atoms with Gasteiger partial charge in [-0.25, -0.2) is 4.39 Å². The van der Waals surface area contributed by atoms with E-state index in [4.69, 9.17) is 37.4 Å². The van der Waals surface area contributed by atoms with E-state index in [1.807, 2.05) is 12.1 Å². The number of carbonyl (C=O) groups is 2. The van der Waals surface area contributed by atoms with Gasteiger partial charge in [0.2, 0.25) is 0 Å². The topological polar surface area (TPSA) is 96.9 Å². The van der Waals surface area contributed by atoms with Gasteiger partial charge >= 0.3 is 29.6 Å². The number of nitrogens with one attached hydrogen (secondary N) is 1. The number of fused-ring (bicyclic) bond motifs is 1. The van der Waals surface area contributed by atoms with Crippen LogP contribution in [0.2, 0.25) is 10.0 Å². The number of carboxylic acids is 1. The largest absolute Gasteiger partial charge is 1.00 e. The van der Waals surface area contributed by atoms with Crippen molar-refractivity contribution in [2.24, 2.45) is 0 Å². The van der Waals surface area contributed by atoms with Gasteiger partial charge in [0.1, 0.15) is 30.2 Å². The molecule has 0 aromatic heterocycles. The van der Waals surface area contributed by atoms with E-state index in [0.29, 0.717) is 40.5 Å². The van der Waals surface area contributed by atoms with Crippen LogP contribution < -0.4 is 49.5 Å². The molecule has 11 heteroatoms. The van der Waals surface area contributed by atoms with Crippen molar-refractivity contribution in [1.29, 1.82) is 0 Å². The minimum Gasteiger partial charge on any atom is -0.549 e. The molecule has 7 nitrogen and oxygen atoms in total. The maximum absolute atomic E-state index is 12.8. The molecule has 1 N–H and O–H groups in total. The Labute approximate surface area is 251 Å². The van der Waals surface area contributed by atoms with Crippen molar-refractivity contribution in [3.8, 4) is 17.2 Å². The van der Waals surface area contributed by atoms with Crippen molar-refractivity contribution < 1.29 is 62.9 Å². The summed E-state index contributed by atoms with van der Waals surface area (Å²) in [6, 6.07) is 16.4. The molecule has 1 heterocycles. The molecule has 1 aliphatic heterocycles. The number of halogens is 3. The van der Waals surface area contributed by atoms with Crippen LogP contribution in [-0.2, 0) is 16.0 Å². The average Bonchev–Trinajstić information content (AvgIpc) is 2.89. The summed E-state index contributed by atoms with van der Waals surface area (Å²) >= 11 is 12.2. The smallest absolute Gasteiger partial charge is 0.549 e. The first-order valence-electron chi connectivity index (χ1n) is 11.5. The number of hydrogen-bond donors (Lipinski definition) is 1. The van der Waals surface area contributed by atoms with E-state index < -0.39 is 30.7 Å². The minimum atomic E-state index is -1.19. The third kappa shape index (κ3) is 7.85. The number of aliphatic carboxylic acids is 1. The van der Waals surface area contributed by atoms with Crippen LogP contribution in [0.4, 0.5) is 4.39 Å². The van der Waals surface area contributed by atoms with Crippen LogP contribution in [0.25, 0.3) is 0 Å². The molecule has 0 saturated carbocycles. The van der Waals surface area contributed by atoms with E-state index in [1.54, 1.807) is 36.4 Å². The van der Waals surface area contributed by atoms with Gasteiger partial charge in [0.25, 0.3) is 5.91 Å². The van der Waals surface area contributed by atoms with Gasteiger partial charge in [-0.05, 0) is 54.4 Å². The maximum atomic E-state index is 12.8. The fourth-order valence-electron chi connectivity index (χ4n) is 3.92. The zero-order valence-corrected chi connectivity index (χ0v) is 24.1. The summed E-state index contributed by atoms with van der Waals surface area (Å²) in [4.78, 5) is 24.2. The van der Waals surface area contributed by atoms with Crippen LogP contribution in [0.3, 0.4) is 0 Å². The van der Waals surface area contributed by atoms with Crippen LogP contribution in [-0.4, -0.2) is 38.0 Å². The van der Waals surface area contributed by atoms with Gasteiger partial charge in [-0.3, -0.25) is 4.79 Å². The van der Waals surface area contributed by atoms with Crippen molar-refractivity contribution in [2.45, 2.75) is 25.0 Å². The van der Waals surface area contributed by atoms with Gasteiger partial charge in [0, 0.05) is 40.5 Å². The molecule has 0 radical (unpaired) electrons. The number of carboxylic acid groups (broad SMARTS) is 1. The Hall–Kier alpha value is -2.33. The molecule has 0 fully saturated rings. The first-order chi connectivity index (χ1) is 17.8. The Bertz CT molecular complexity index is 1260. The Morgan fingerprint density at radius 1 is 1.11 bits per heavy atom. The number of benzene rings is 3. The molecular formula is C27H23Cl2FNNaO6. The van der Waals surface area contributed by atoms with Gasteiger partial charge in [-0.1, -0.05) is 35.3 Å². The number of amides is 1. The third-order valence-corrected chi connectivity index (χ3v) is 6.30. The summed E-state index contributed by atoms with van der Waals surface area (Å²) in [5.74, 6) is -1.34. The summed E-state index contributed by atoms with van der Waals surface area (Å²) in [6.07, 6.45) is -0.101. The fraction of sp³-hybridized carbons (Fsp3) is 0.259. The van der Waals surface area contributed by atoms with Crippen molar-refractivity contribution in [2.75, 3.05) is 19.9 Å².